The first-order valence-corrected chi connectivity index (χ1v) is 11.2. The number of hydrogen-bond donors (Lipinski definition) is 2. The van der Waals surface area contributed by atoms with Crippen LogP contribution in [0, 0.1) is 0 Å². The predicted octanol–water partition coefficient (Wildman–Crippen LogP) is 3.05. The maximum atomic E-state index is 12.8. The van der Waals surface area contributed by atoms with Crippen LogP contribution >= 0.6 is 11.6 Å². The molecule has 0 aliphatic rings. The van der Waals surface area contributed by atoms with Gasteiger partial charge < -0.3 is 5.32 Å². The molecule has 2 aromatic heterocycles. The van der Waals surface area contributed by atoms with E-state index in [1.165, 1.54) is 41.7 Å². The number of amides is 1. The summed E-state index contributed by atoms with van der Waals surface area (Å²) in [5, 5.41) is 6.68. The molecule has 32 heavy (non-hydrogen) atoms. The van der Waals surface area contributed by atoms with Crippen LogP contribution in [0.5, 0.6) is 0 Å². The van der Waals surface area contributed by atoms with Gasteiger partial charge in [0.25, 0.3) is 5.91 Å². The normalized spacial score (nSPS) is 11.3. The molecule has 162 valence electrons. The lowest BCUT2D eigenvalue weighted by Gasteiger charge is -2.11. The van der Waals surface area contributed by atoms with E-state index in [1.54, 1.807) is 24.3 Å². The van der Waals surface area contributed by atoms with Crippen LogP contribution < -0.4 is 10.0 Å². The zero-order valence-corrected chi connectivity index (χ0v) is 18.1. The fourth-order valence-electron chi connectivity index (χ4n) is 2.83. The van der Waals surface area contributed by atoms with Gasteiger partial charge in [-0.05, 0) is 35.9 Å². The van der Waals surface area contributed by atoms with Crippen molar-refractivity contribution in [3.05, 3.63) is 95.7 Å². The van der Waals surface area contributed by atoms with Crippen LogP contribution in [0.2, 0.25) is 5.02 Å². The maximum Gasteiger partial charge on any atom is 0.255 e. The third kappa shape index (κ3) is 4.99. The van der Waals surface area contributed by atoms with Crippen LogP contribution in [0.1, 0.15) is 15.9 Å². The number of nitrogens with one attached hydrogen (secondary N) is 2. The Labute approximate surface area is 189 Å². The molecule has 0 radical (unpaired) electrons. The Balaban J connectivity index is 1.49. The number of halogens is 1. The second-order valence-electron chi connectivity index (χ2n) is 6.65. The first-order chi connectivity index (χ1) is 15.4. The van der Waals surface area contributed by atoms with Crippen molar-refractivity contribution in [2.24, 2.45) is 0 Å². The van der Waals surface area contributed by atoms with E-state index in [0.29, 0.717) is 11.5 Å². The number of anilines is 1. The molecular formula is C21H17ClN6O3S. The van der Waals surface area contributed by atoms with Crippen molar-refractivity contribution in [2.45, 2.75) is 11.4 Å². The molecule has 2 heterocycles. The van der Waals surface area contributed by atoms with Crippen molar-refractivity contribution >= 4 is 33.2 Å². The van der Waals surface area contributed by atoms with E-state index in [9.17, 15) is 13.2 Å². The smallest absolute Gasteiger partial charge is 0.255 e. The van der Waals surface area contributed by atoms with Gasteiger partial charge in [0.15, 0.2) is 5.82 Å². The summed E-state index contributed by atoms with van der Waals surface area (Å²) < 4.78 is 29.5. The molecule has 4 rings (SSSR count). The highest BCUT2D eigenvalue weighted by atomic mass is 35.5. The lowest BCUT2D eigenvalue weighted by Crippen LogP contribution is -2.24. The molecular weight excluding hydrogens is 452 g/mol. The molecule has 9 nitrogen and oxygen atoms in total. The average Bonchev–Trinajstić information content (AvgIpc) is 3.34. The highest BCUT2D eigenvalue weighted by Gasteiger charge is 2.20. The summed E-state index contributed by atoms with van der Waals surface area (Å²) in [6.07, 6.45) is 4.35. The minimum Gasteiger partial charge on any atom is -0.321 e. The van der Waals surface area contributed by atoms with Gasteiger partial charge in [-0.25, -0.2) is 27.8 Å². The van der Waals surface area contributed by atoms with Crippen LogP contribution in [-0.2, 0) is 16.6 Å². The molecule has 0 aliphatic carbocycles. The largest absolute Gasteiger partial charge is 0.321 e. The highest BCUT2D eigenvalue weighted by molar-refractivity contribution is 7.89. The highest BCUT2D eigenvalue weighted by Crippen LogP contribution is 2.23. The number of rotatable bonds is 7. The Kier molecular flexibility index (Phi) is 6.26. The van der Waals surface area contributed by atoms with E-state index >= 15 is 0 Å². The number of aromatic nitrogens is 4. The molecule has 1 amide bonds. The van der Waals surface area contributed by atoms with Crippen LogP contribution in [0.3, 0.4) is 0 Å². The number of hydrogen-bond acceptors (Lipinski definition) is 6. The van der Waals surface area contributed by atoms with Gasteiger partial charge in [-0.3, -0.25) is 4.79 Å². The third-order valence-electron chi connectivity index (χ3n) is 4.45. The summed E-state index contributed by atoms with van der Waals surface area (Å²) in [5.41, 5.74) is 1.36. The number of pyridine rings is 1. The van der Waals surface area contributed by atoms with E-state index in [0.717, 1.165) is 5.56 Å². The first-order valence-electron chi connectivity index (χ1n) is 9.38. The van der Waals surface area contributed by atoms with Crippen LogP contribution in [0.25, 0.3) is 5.82 Å². The van der Waals surface area contributed by atoms with Crippen molar-refractivity contribution in [2.75, 3.05) is 5.32 Å². The van der Waals surface area contributed by atoms with Crippen molar-refractivity contribution < 1.29 is 13.2 Å². The van der Waals surface area contributed by atoms with Gasteiger partial charge in [0.1, 0.15) is 17.6 Å². The topological polar surface area (TPSA) is 119 Å². The van der Waals surface area contributed by atoms with Gasteiger partial charge in [-0.2, -0.15) is 5.10 Å². The molecule has 0 saturated carbocycles. The monoisotopic (exact) mass is 468 g/mol. The lowest BCUT2D eigenvalue weighted by atomic mass is 10.2. The molecule has 2 N–H and O–H groups in total. The third-order valence-corrected chi connectivity index (χ3v) is 6.33. The fourth-order valence-corrected chi connectivity index (χ4v) is 4.37. The Morgan fingerprint density at radius 2 is 1.88 bits per heavy atom. The van der Waals surface area contributed by atoms with E-state index < -0.39 is 15.9 Å². The molecule has 0 atom stereocenters. The SMILES string of the molecule is O=C(Nc1ccc(-n2cncn2)nc1)c1ccc(Cl)c(S(=O)(=O)NCc2ccccc2)c1. The lowest BCUT2D eigenvalue weighted by molar-refractivity contribution is 0.102. The van der Waals surface area contributed by atoms with Gasteiger partial charge in [0.05, 0.1) is 16.9 Å². The average molecular weight is 469 g/mol. The Morgan fingerprint density at radius 3 is 2.56 bits per heavy atom. The molecule has 0 saturated heterocycles. The summed E-state index contributed by atoms with van der Waals surface area (Å²) in [4.78, 5) is 20.6. The van der Waals surface area contributed by atoms with Crippen LogP contribution in [0.4, 0.5) is 5.69 Å². The second-order valence-corrected chi connectivity index (χ2v) is 8.80. The predicted molar refractivity (Wildman–Crippen MR) is 119 cm³/mol. The number of sulfonamides is 1. The maximum absolute atomic E-state index is 12.8. The quantitative estimate of drug-likeness (QED) is 0.430. The van der Waals surface area contributed by atoms with Crippen LogP contribution in [-0.4, -0.2) is 34.1 Å². The number of carbonyl (C=O) groups excluding carboxylic acids is 1. The van der Waals surface area contributed by atoms with Gasteiger partial charge in [0, 0.05) is 12.1 Å². The minimum atomic E-state index is -3.94. The van der Waals surface area contributed by atoms with Gasteiger partial charge >= 0.3 is 0 Å². The summed E-state index contributed by atoms with van der Waals surface area (Å²) in [5.74, 6) is 0.0290. The second kappa shape index (κ2) is 9.27. The Hall–Kier alpha value is -3.60. The first kappa shape index (κ1) is 21.6. The molecule has 4 aromatic rings. The summed E-state index contributed by atoms with van der Waals surface area (Å²) in [7, 11) is -3.94. The van der Waals surface area contributed by atoms with Crippen molar-refractivity contribution in [3.63, 3.8) is 0 Å². The van der Waals surface area contributed by atoms with E-state index in [2.05, 4.69) is 25.1 Å². The molecule has 0 fully saturated rings. The molecule has 11 heteroatoms. The minimum absolute atomic E-state index is 0.0148. The molecule has 0 spiro atoms. The summed E-state index contributed by atoms with van der Waals surface area (Å²) >= 11 is 6.12. The Bertz CT molecular complexity index is 1330. The summed E-state index contributed by atoms with van der Waals surface area (Å²) in [6, 6.07) is 16.4. The van der Waals surface area contributed by atoms with Gasteiger partial charge in [0.2, 0.25) is 10.0 Å². The van der Waals surface area contributed by atoms with Crippen LogP contribution in [0.15, 0.2) is 84.4 Å². The number of benzene rings is 2. The number of carbonyl (C=O) groups is 1. The summed E-state index contributed by atoms with van der Waals surface area (Å²) in [6.45, 7) is 0.0969. The molecule has 0 bridgehead atoms. The number of nitrogens with zero attached hydrogens (tertiary/aromatic N) is 4. The van der Waals surface area contributed by atoms with E-state index in [1.807, 2.05) is 18.2 Å². The van der Waals surface area contributed by atoms with Crippen molar-refractivity contribution in [1.29, 1.82) is 0 Å². The fraction of sp³-hybridized carbons (Fsp3) is 0.0476. The molecule has 2 aromatic carbocycles. The van der Waals surface area contributed by atoms with Gasteiger partial charge in [-0.15, -0.1) is 0 Å². The molecule has 0 unspecified atom stereocenters. The van der Waals surface area contributed by atoms with Crippen molar-refractivity contribution in [3.8, 4) is 5.82 Å². The zero-order valence-electron chi connectivity index (χ0n) is 16.5. The van der Waals surface area contributed by atoms with Gasteiger partial charge in [-0.1, -0.05) is 41.9 Å². The van der Waals surface area contributed by atoms with E-state index in [-0.39, 0.29) is 22.0 Å². The Morgan fingerprint density at radius 1 is 1.06 bits per heavy atom. The molecule has 0 aliphatic heterocycles. The van der Waals surface area contributed by atoms with Crippen molar-refractivity contribution in [1.82, 2.24) is 24.5 Å². The standard InChI is InChI=1S/C21H17ClN6O3S/c22-18-8-6-16(10-19(18)32(30,31)26-11-15-4-2-1-3-5-15)21(29)27-17-7-9-20(24-12-17)28-14-23-13-25-28/h1-10,12-14,26H,11H2,(H,27,29). The van der Waals surface area contributed by atoms with E-state index in [4.69, 9.17) is 11.6 Å². The zero-order chi connectivity index (χ0) is 22.6.